The number of anilines is 2. The second kappa shape index (κ2) is 6.66. The fraction of sp³-hybridized carbons (Fsp3) is 0.389. The van der Waals surface area contributed by atoms with E-state index in [0.29, 0.717) is 11.5 Å². The fourth-order valence-corrected chi connectivity index (χ4v) is 2.79. The number of piperazine rings is 1. The minimum absolute atomic E-state index is 0.414. The van der Waals surface area contributed by atoms with E-state index in [1.165, 1.54) is 5.69 Å². The minimum atomic E-state index is 0.414. The molecule has 0 amide bonds. The van der Waals surface area contributed by atoms with Gasteiger partial charge in [0.15, 0.2) is 0 Å². The molecule has 0 bridgehead atoms. The van der Waals surface area contributed by atoms with Gasteiger partial charge in [0.25, 0.3) is 0 Å². The highest BCUT2D eigenvalue weighted by atomic mass is 15.3. The van der Waals surface area contributed by atoms with Crippen LogP contribution in [-0.2, 0) is 0 Å². The summed E-state index contributed by atoms with van der Waals surface area (Å²) in [6.45, 7) is 8.08. The van der Waals surface area contributed by atoms with Crippen molar-refractivity contribution in [3.05, 3.63) is 47.9 Å². The zero-order chi connectivity index (χ0) is 16.2. The van der Waals surface area contributed by atoms with Gasteiger partial charge in [0.05, 0.1) is 11.6 Å². The summed E-state index contributed by atoms with van der Waals surface area (Å²) in [7, 11) is 0. The van der Waals surface area contributed by atoms with Gasteiger partial charge in [-0.2, -0.15) is 5.26 Å². The van der Waals surface area contributed by atoms with Gasteiger partial charge in [-0.15, -0.1) is 0 Å². The average Bonchev–Trinajstić information content (AvgIpc) is 2.62. The van der Waals surface area contributed by atoms with E-state index < -0.39 is 0 Å². The van der Waals surface area contributed by atoms with Gasteiger partial charge in [-0.25, -0.2) is 9.97 Å². The molecule has 1 aromatic heterocycles. The molecule has 0 radical (unpaired) electrons. The maximum absolute atomic E-state index is 8.88. The van der Waals surface area contributed by atoms with Crippen molar-refractivity contribution < 1.29 is 0 Å². The molecular formula is C18H21N5. The van der Waals surface area contributed by atoms with Crippen LogP contribution in [0.4, 0.5) is 11.5 Å². The lowest BCUT2D eigenvalue weighted by Gasteiger charge is -2.36. The predicted octanol–water partition coefficient (Wildman–Crippen LogP) is 2.80. The summed E-state index contributed by atoms with van der Waals surface area (Å²) >= 11 is 0. The van der Waals surface area contributed by atoms with Gasteiger partial charge >= 0.3 is 0 Å². The van der Waals surface area contributed by atoms with Crippen LogP contribution in [0.15, 0.2) is 36.7 Å². The Morgan fingerprint density at radius 3 is 2.26 bits per heavy atom. The molecule has 5 nitrogen and oxygen atoms in total. The fourth-order valence-electron chi connectivity index (χ4n) is 2.79. The van der Waals surface area contributed by atoms with Crippen molar-refractivity contribution in [1.29, 1.82) is 5.26 Å². The second-order valence-electron chi connectivity index (χ2n) is 6.09. The smallest absolute Gasteiger partial charge is 0.132 e. The number of nitrogens with zero attached hydrogens (tertiary/aromatic N) is 5. The average molecular weight is 307 g/mol. The summed E-state index contributed by atoms with van der Waals surface area (Å²) in [5.74, 6) is 1.43. The Hall–Kier alpha value is -2.61. The lowest BCUT2D eigenvalue weighted by Crippen LogP contribution is -2.46. The van der Waals surface area contributed by atoms with Crippen molar-refractivity contribution in [1.82, 2.24) is 9.97 Å². The van der Waals surface area contributed by atoms with Crippen molar-refractivity contribution in [2.75, 3.05) is 36.0 Å². The standard InChI is InChI=1S/C18H21N5/c1-14(2)17-11-18(21-13-20-17)23-9-7-22(8-10-23)16-5-3-15(12-19)4-6-16/h3-6,11,13-14H,7-10H2,1-2H3. The first-order valence-electron chi connectivity index (χ1n) is 7.99. The first-order chi connectivity index (χ1) is 11.2. The molecule has 1 fully saturated rings. The zero-order valence-corrected chi connectivity index (χ0v) is 13.6. The molecule has 0 unspecified atom stereocenters. The maximum atomic E-state index is 8.88. The van der Waals surface area contributed by atoms with Crippen LogP contribution >= 0.6 is 0 Å². The molecule has 1 aliphatic rings. The molecule has 1 saturated heterocycles. The van der Waals surface area contributed by atoms with Gasteiger partial charge in [0, 0.05) is 43.6 Å². The van der Waals surface area contributed by atoms with Crippen LogP contribution in [0.25, 0.3) is 0 Å². The highest BCUT2D eigenvalue weighted by molar-refractivity contribution is 5.51. The van der Waals surface area contributed by atoms with Crippen molar-refractivity contribution in [3.63, 3.8) is 0 Å². The number of hydrogen-bond acceptors (Lipinski definition) is 5. The van der Waals surface area contributed by atoms with Crippen LogP contribution in [-0.4, -0.2) is 36.1 Å². The van der Waals surface area contributed by atoms with E-state index in [4.69, 9.17) is 5.26 Å². The third-order valence-corrected chi connectivity index (χ3v) is 4.23. The molecule has 118 valence electrons. The quantitative estimate of drug-likeness (QED) is 0.872. The molecule has 1 aliphatic heterocycles. The molecule has 0 spiro atoms. The van der Waals surface area contributed by atoms with E-state index >= 15 is 0 Å². The van der Waals surface area contributed by atoms with Crippen LogP contribution in [0, 0.1) is 11.3 Å². The molecule has 23 heavy (non-hydrogen) atoms. The summed E-state index contributed by atoms with van der Waals surface area (Å²) < 4.78 is 0. The molecule has 3 rings (SSSR count). The molecule has 0 N–H and O–H groups in total. The molecule has 2 aromatic rings. The van der Waals surface area contributed by atoms with Gasteiger partial charge in [0.1, 0.15) is 12.1 Å². The molecule has 0 saturated carbocycles. The number of rotatable bonds is 3. The Morgan fingerprint density at radius 2 is 1.65 bits per heavy atom. The largest absolute Gasteiger partial charge is 0.368 e. The number of hydrogen-bond donors (Lipinski definition) is 0. The first-order valence-corrected chi connectivity index (χ1v) is 7.99. The van der Waals surface area contributed by atoms with Gasteiger partial charge in [-0.05, 0) is 30.2 Å². The van der Waals surface area contributed by atoms with Crippen LogP contribution in [0.5, 0.6) is 0 Å². The van der Waals surface area contributed by atoms with Gasteiger partial charge in [-0.1, -0.05) is 13.8 Å². The van der Waals surface area contributed by atoms with E-state index in [-0.39, 0.29) is 0 Å². The van der Waals surface area contributed by atoms with Gasteiger partial charge in [-0.3, -0.25) is 0 Å². The molecule has 0 atom stereocenters. The van der Waals surface area contributed by atoms with E-state index in [2.05, 4.69) is 45.8 Å². The van der Waals surface area contributed by atoms with Crippen LogP contribution in [0.2, 0.25) is 0 Å². The SMILES string of the molecule is CC(C)c1cc(N2CCN(c3ccc(C#N)cc3)CC2)ncn1. The van der Waals surface area contributed by atoms with Crippen molar-refractivity contribution in [2.24, 2.45) is 0 Å². The number of benzene rings is 1. The topological polar surface area (TPSA) is 56.0 Å². The maximum Gasteiger partial charge on any atom is 0.132 e. The zero-order valence-electron chi connectivity index (χ0n) is 13.6. The van der Waals surface area contributed by atoms with Gasteiger partial charge < -0.3 is 9.80 Å². The molecule has 1 aromatic carbocycles. The highest BCUT2D eigenvalue weighted by Gasteiger charge is 2.19. The third-order valence-electron chi connectivity index (χ3n) is 4.23. The summed E-state index contributed by atoms with van der Waals surface area (Å²) in [5.41, 5.74) is 2.97. The number of aromatic nitrogens is 2. The molecule has 0 aliphatic carbocycles. The first kappa shape index (κ1) is 15.3. The van der Waals surface area contributed by atoms with Crippen molar-refractivity contribution >= 4 is 11.5 Å². The number of nitriles is 1. The summed E-state index contributed by atoms with van der Waals surface area (Å²) in [5, 5.41) is 8.88. The Morgan fingerprint density at radius 1 is 1.00 bits per heavy atom. The molecule has 2 heterocycles. The molecular weight excluding hydrogens is 286 g/mol. The Bertz CT molecular complexity index is 694. The third kappa shape index (κ3) is 3.42. The lowest BCUT2D eigenvalue weighted by atomic mass is 10.1. The van der Waals surface area contributed by atoms with Crippen LogP contribution < -0.4 is 9.80 Å². The normalized spacial score (nSPS) is 14.9. The summed E-state index contributed by atoms with van der Waals surface area (Å²) in [6.07, 6.45) is 1.66. The Kier molecular flexibility index (Phi) is 4.42. The van der Waals surface area contributed by atoms with Crippen molar-refractivity contribution in [3.8, 4) is 6.07 Å². The predicted molar refractivity (Wildman–Crippen MR) is 91.7 cm³/mol. The van der Waals surface area contributed by atoms with E-state index in [1.807, 2.05) is 24.3 Å². The van der Waals surface area contributed by atoms with Crippen LogP contribution in [0.1, 0.15) is 31.0 Å². The minimum Gasteiger partial charge on any atom is -0.368 e. The Balaban J connectivity index is 1.66. The van der Waals surface area contributed by atoms with E-state index in [0.717, 1.165) is 37.7 Å². The highest BCUT2D eigenvalue weighted by Crippen LogP contribution is 2.21. The Labute approximate surface area is 137 Å². The lowest BCUT2D eigenvalue weighted by molar-refractivity contribution is 0.645. The molecule has 5 heteroatoms. The van der Waals surface area contributed by atoms with Crippen LogP contribution in [0.3, 0.4) is 0 Å². The summed E-state index contributed by atoms with van der Waals surface area (Å²) in [6, 6.07) is 12.1. The van der Waals surface area contributed by atoms with E-state index in [9.17, 15) is 0 Å². The van der Waals surface area contributed by atoms with Crippen molar-refractivity contribution in [2.45, 2.75) is 19.8 Å². The van der Waals surface area contributed by atoms with E-state index in [1.54, 1.807) is 6.33 Å². The summed E-state index contributed by atoms with van der Waals surface area (Å²) in [4.78, 5) is 13.4. The van der Waals surface area contributed by atoms with Gasteiger partial charge in [0.2, 0.25) is 0 Å². The monoisotopic (exact) mass is 307 g/mol. The second-order valence-corrected chi connectivity index (χ2v) is 6.09.